The summed E-state index contributed by atoms with van der Waals surface area (Å²) in [5.41, 5.74) is 3.61. The van der Waals surface area contributed by atoms with Gasteiger partial charge < -0.3 is 15.3 Å². The highest BCUT2D eigenvalue weighted by Crippen LogP contribution is 2.29. The second kappa shape index (κ2) is 6.96. The van der Waals surface area contributed by atoms with Gasteiger partial charge in [0.25, 0.3) is 0 Å². The summed E-state index contributed by atoms with van der Waals surface area (Å²) in [6.07, 6.45) is 0. The molecule has 0 spiro atoms. The van der Waals surface area contributed by atoms with Gasteiger partial charge in [0.05, 0.1) is 6.61 Å². The largest absolute Gasteiger partial charge is 0.395 e. The van der Waals surface area contributed by atoms with Crippen LogP contribution in [-0.4, -0.2) is 25.3 Å². The number of benzene rings is 1. The molecule has 0 radical (unpaired) electrons. The smallest absolute Gasteiger partial charge is 0.0606 e. The zero-order valence-corrected chi connectivity index (χ0v) is 14.0. The maximum Gasteiger partial charge on any atom is 0.0606 e. The van der Waals surface area contributed by atoms with Crippen molar-refractivity contribution in [3.63, 3.8) is 0 Å². The van der Waals surface area contributed by atoms with E-state index in [-0.39, 0.29) is 6.61 Å². The summed E-state index contributed by atoms with van der Waals surface area (Å²) in [4.78, 5) is 4.78. The maximum atomic E-state index is 8.97. The topological polar surface area (TPSA) is 35.5 Å². The zero-order chi connectivity index (χ0) is 15.4. The minimum atomic E-state index is 0.171. The number of rotatable bonds is 6. The monoisotopic (exact) mass is 304 g/mol. The Labute approximate surface area is 131 Å². The third-order valence-electron chi connectivity index (χ3n) is 3.67. The van der Waals surface area contributed by atoms with E-state index in [4.69, 9.17) is 5.11 Å². The van der Waals surface area contributed by atoms with Crippen molar-refractivity contribution in [1.82, 2.24) is 0 Å². The minimum absolute atomic E-state index is 0.171. The molecular weight excluding hydrogens is 280 g/mol. The Morgan fingerprint density at radius 1 is 1.24 bits per heavy atom. The van der Waals surface area contributed by atoms with Crippen LogP contribution in [-0.2, 0) is 0 Å². The van der Waals surface area contributed by atoms with Crippen molar-refractivity contribution < 1.29 is 5.11 Å². The molecule has 2 N–H and O–H groups in total. The van der Waals surface area contributed by atoms with E-state index < -0.39 is 0 Å². The molecule has 0 bridgehead atoms. The first kappa shape index (κ1) is 15.9. The van der Waals surface area contributed by atoms with Gasteiger partial charge in [0.1, 0.15) is 0 Å². The fraction of sp³-hybridized carbons (Fsp3) is 0.412. The predicted octanol–water partition coefficient (Wildman–Crippen LogP) is 3.97. The zero-order valence-electron chi connectivity index (χ0n) is 13.2. The average Bonchev–Trinajstić information content (AvgIpc) is 2.79. The molecule has 0 fully saturated rings. The van der Waals surface area contributed by atoms with Gasteiger partial charge in [-0.2, -0.15) is 0 Å². The molecule has 114 valence electrons. The highest BCUT2D eigenvalue weighted by atomic mass is 32.1. The second-order valence-electron chi connectivity index (χ2n) is 5.43. The van der Waals surface area contributed by atoms with Crippen LogP contribution in [0.4, 0.5) is 11.4 Å². The fourth-order valence-electron chi connectivity index (χ4n) is 2.50. The molecule has 0 saturated heterocycles. The first-order valence-corrected chi connectivity index (χ1v) is 8.08. The highest BCUT2D eigenvalue weighted by Gasteiger charge is 2.11. The van der Waals surface area contributed by atoms with Gasteiger partial charge in [0.2, 0.25) is 0 Å². The third kappa shape index (κ3) is 3.99. The lowest BCUT2D eigenvalue weighted by molar-refractivity contribution is 0.304. The van der Waals surface area contributed by atoms with E-state index in [0.717, 1.165) is 11.4 Å². The van der Waals surface area contributed by atoms with E-state index in [2.05, 4.69) is 56.4 Å². The highest BCUT2D eigenvalue weighted by molar-refractivity contribution is 7.12. The van der Waals surface area contributed by atoms with Crippen LogP contribution in [0.2, 0.25) is 0 Å². The number of nitrogens with one attached hydrogen (secondary N) is 1. The number of aryl methyl sites for hydroxylation is 2. The predicted molar refractivity (Wildman–Crippen MR) is 92.6 cm³/mol. The number of aliphatic hydroxyl groups excluding tert-OH is 1. The molecule has 1 unspecified atom stereocenters. The van der Waals surface area contributed by atoms with Crippen molar-refractivity contribution in [2.45, 2.75) is 26.8 Å². The van der Waals surface area contributed by atoms with Gasteiger partial charge in [-0.15, -0.1) is 11.3 Å². The van der Waals surface area contributed by atoms with Gasteiger partial charge in [0.15, 0.2) is 0 Å². The summed E-state index contributed by atoms with van der Waals surface area (Å²) < 4.78 is 0. The van der Waals surface area contributed by atoms with E-state index in [1.54, 1.807) is 0 Å². The molecule has 0 amide bonds. The Balaban J connectivity index is 2.04. The van der Waals surface area contributed by atoms with Crippen LogP contribution in [0.5, 0.6) is 0 Å². The van der Waals surface area contributed by atoms with Crippen molar-refractivity contribution in [3.8, 4) is 0 Å². The molecule has 0 saturated carbocycles. The summed E-state index contributed by atoms with van der Waals surface area (Å²) in [5, 5.41) is 12.5. The van der Waals surface area contributed by atoms with E-state index >= 15 is 0 Å². The number of hydrogen-bond donors (Lipinski definition) is 2. The summed E-state index contributed by atoms with van der Waals surface area (Å²) in [6, 6.07) is 10.9. The molecule has 21 heavy (non-hydrogen) atoms. The van der Waals surface area contributed by atoms with Crippen LogP contribution in [0.3, 0.4) is 0 Å². The molecule has 0 aliphatic rings. The average molecular weight is 304 g/mol. The van der Waals surface area contributed by atoms with Crippen molar-refractivity contribution in [2.75, 3.05) is 30.4 Å². The Kier molecular flexibility index (Phi) is 5.26. The normalized spacial score (nSPS) is 12.2. The van der Waals surface area contributed by atoms with E-state index in [9.17, 15) is 0 Å². The molecular formula is C17H24N2OS. The lowest BCUT2D eigenvalue weighted by Crippen LogP contribution is -2.20. The van der Waals surface area contributed by atoms with Gasteiger partial charge in [0, 0.05) is 40.8 Å². The van der Waals surface area contributed by atoms with Crippen LogP contribution < -0.4 is 10.2 Å². The maximum absolute atomic E-state index is 8.97. The Hall–Kier alpha value is -1.52. The van der Waals surface area contributed by atoms with Gasteiger partial charge in [-0.3, -0.25) is 0 Å². The van der Waals surface area contributed by atoms with Gasteiger partial charge >= 0.3 is 0 Å². The van der Waals surface area contributed by atoms with Crippen molar-refractivity contribution in [2.24, 2.45) is 0 Å². The van der Waals surface area contributed by atoms with Crippen LogP contribution in [0.1, 0.15) is 28.3 Å². The van der Waals surface area contributed by atoms with Crippen LogP contribution in [0.15, 0.2) is 30.3 Å². The number of likely N-dealkylation sites (N-methyl/N-ethyl adjacent to an activating group) is 1. The quantitative estimate of drug-likeness (QED) is 0.848. The molecule has 4 heteroatoms. The molecule has 0 aliphatic carbocycles. The van der Waals surface area contributed by atoms with Crippen LogP contribution in [0, 0.1) is 13.8 Å². The number of anilines is 2. The molecule has 0 aliphatic heterocycles. The van der Waals surface area contributed by atoms with Crippen molar-refractivity contribution >= 4 is 22.7 Å². The lowest BCUT2D eigenvalue weighted by Gasteiger charge is -2.19. The fourth-order valence-corrected chi connectivity index (χ4v) is 3.52. The number of thiophene rings is 1. The van der Waals surface area contributed by atoms with Gasteiger partial charge in [-0.25, -0.2) is 0 Å². The van der Waals surface area contributed by atoms with Gasteiger partial charge in [-0.1, -0.05) is 0 Å². The summed E-state index contributed by atoms with van der Waals surface area (Å²) in [5.74, 6) is 0. The molecule has 3 nitrogen and oxygen atoms in total. The van der Waals surface area contributed by atoms with Crippen LogP contribution >= 0.6 is 11.3 Å². The molecule has 1 aromatic carbocycles. The van der Waals surface area contributed by atoms with Gasteiger partial charge in [-0.05, 0) is 56.7 Å². The summed E-state index contributed by atoms with van der Waals surface area (Å²) in [7, 11) is 1.98. The van der Waals surface area contributed by atoms with E-state index in [1.165, 1.54) is 15.3 Å². The second-order valence-corrected chi connectivity index (χ2v) is 6.89. The standard InChI is InChI=1S/C17H24N2OS/c1-12-11-17(14(3)21-12)13(2)18-15-5-7-16(8-6-15)19(4)9-10-20/h5-8,11,13,18,20H,9-10H2,1-4H3. The van der Waals surface area contributed by atoms with Crippen LogP contribution in [0.25, 0.3) is 0 Å². The number of nitrogens with zero attached hydrogens (tertiary/aromatic N) is 1. The molecule has 1 heterocycles. The summed E-state index contributed by atoms with van der Waals surface area (Å²) >= 11 is 1.85. The Bertz CT molecular complexity index is 577. The Morgan fingerprint density at radius 3 is 2.43 bits per heavy atom. The van der Waals surface area contributed by atoms with E-state index in [1.807, 2.05) is 23.3 Å². The first-order valence-electron chi connectivity index (χ1n) is 7.26. The lowest BCUT2D eigenvalue weighted by atomic mass is 10.1. The number of aliphatic hydroxyl groups is 1. The van der Waals surface area contributed by atoms with E-state index in [0.29, 0.717) is 12.6 Å². The van der Waals surface area contributed by atoms with Crippen molar-refractivity contribution in [3.05, 3.63) is 45.6 Å². The SMILES string of the molecule is Cc1cc(C(C)Nc2ccc(N(C)CCO)cc2)c(C)s1. The molecule has 2 rings (SSSR count). The molecule has 1 atom stereocenters. The molecule has 2 aromatic rings. The summed E-state index contributed by atoms with van der Waals surface area (Å²) in [6.45, 7) is 7.35. The van der Waals surface area contributed by atoms with Crippen molar-refractivity contribution in [1.29, 1.82) is 0 Å². The number of hydrogen-bond acceptors (Lipinski definition) is 4. The minimum Gasteiger partial charge on any atom is -0.395 e. The third-order valence-corrected chi connectivity index (χ3v) is 4.65. The Morgan fingerprint density at radius 2 is 1.90 bits per heavy atom. The molecule has 1 aromatic heterocycles. The first-order chi connectivity index (χ1) is 10.0.